The molecule has 19 heavy (non-hydrogen) atoms. The highest BCUT2D eigenvalue weighted by molar-refractivity contribution is 6.51. The average Bonchev–Trinajstić information content (AvgIpc) is 2.14. The molecule has 0 amide bonds. The minimum Gasteiger partial charge on any atom is -0.300 e. The Kier molecular flexibility index (Phi) is 6.60. The van der Waals surface area contributed by atoms with Crippen LogP contribution in [0.15, 0.2) is 0 Å². The van der Waals surface area contributed by atoms with Crippen LogP contribution in [0.5, 0.6) is 0 Å². The van der Waals surface area contributed by atoms with E-state index in [4.69, 9.17) is 46.4 Å². The molecule has 13 heteroatoms. The van der Waals surface area contributed by atoms with Gasteiger partial charge in [0, 0.05) is 0 Å². The fraction of sp³-hybridized carbons (Fsp3) is 1.00. The Bertz CT molecular complexity index is 291. The quantitative estimate of drug-likeness (QED) is 0.404. The highest BCUT2D eigenvalue weighted by Crippen LogP contribution is 2.53. The third-order valence-electron chi connectivity index (χ3n) is 1.58. The van der Waals surface area contributed by atoms with Crippen LogP contribution in [-0.2, 0) is 4.74 Å². The molecule has 2 unspecified atom stereocenters. The maximum atomic E-state index is 13.1. The highest BCUT2D eigenvalue weighted by Gasteiger charge is 2.68. The first kappa shape index (κ1) is 20.3. The molecule has 116 valence electrons. The van der Waals surface area contributed by atoms with E-state index in [0.717, 1.165) is 0 Å². The van der Waals surface area contributed by atoms with Crippen LogP contribution in [0.25, 0.3) is 0 Å². The average molecular weight is 417 g/mol. The van der Waals surface area contributed by atoms with E-state index in [9.17, 15) is 26.3 Å². The minimum atomic E-state index is -4.90. The highest BCUT2D eigenvalue weighted by atomic mass is 35.5. The van der Waals surface area contributed by atoms with Gasteiger partial charge in [-0.25, -0.2) is 8.78 Å². The lowest BCUT2D eigenvalue weighted by Gasteiger charge is -2.37. The summed E-state index contributed by atoms with van der Waals surface area (Å²) < 4.78 is 72.6. The van der Waals surface area contributed by atoms with Gasteiger partial charge in [0.05, 0.1) is 0 Å². The lowest BCUT2D eigenvalue weighted by atomic mass is 10.3. The van der Waals surface area contributed by atoms with Gasteiger partial charge in [0.1, 0.15) is 0 Å². The van der Waals surface area contributed by atoms with E-state index < -0.39 is 32.1 Å². The van der Waals surface area contributed by atoms with Gasteiger partial charge in [-0.15, -0.1) is 0 Å². The van der Waals surface area contributed by atoms with Crippen molar-refractivity contribution in [2.45, 2.75) is 32.1 Å². The van der Waals surface area contributed by atoms with E-state index in [1.54, 1.807) is 0 Å². The third kappa shape index (κ3) is 4.14. The molecule has 0 aromatic rings. The van der Waals surface area contributed by atoms with Gasteiger partial charge in [-0.05, 0) is 0 Å². The summed E-state index contributed by atoms with van der Waals surface area (Å²) >= 11 is 28.1. The molecule has 0 aromatic carbocycles. The molecule has 0 aliphatic carbocycles. The fourth-order valence-electron chi connectivity index (χ4n) is 0.551. The van der Waals surface area contributed by atoms with Gasteiger partial charge in [-0.3, -0.25) is 4.74 Å². The summed E-state index contributed by atoms with van der Waals surface area (Å²) in [5.41, 5.74) is -7.06. The van der Waals surface area contributed by atoms with Crippen molar-refractivity contribution >= 4 is 69.6 Å². The molecule has 0 heterocycles. The second kappa shape index (κ2) is 6.18. The first-order valence-electron chi connectivity index (χ1n) is 3.87. The van der Waals surface area contributed by atoms with Gasteiger partial charge in [-0.1, -0.05) is 69.6 Å². The predicted molar refractivity (Wildman–Crippen MR) is 61.4 cm³/mol. The Morgan fingerprint density at radius 3 is 1.05 bits per heavy atom. The van der Waals surface area contributed by atoms with Crippen molar-refractivity contribution in [3.8, 4) is 0 Å². The van der Waals surface area contributed by atoms with Crippen LogP contribution in [0.2, 0.25) is 0 Å². The largest absolute Gasteiger partial charge is 0.349 e. The first-order valence-corrected chi connectivity index (χ1v) is 6.26. The molecular formula is C6H2Cl6F6O. The number of hydrogen-bond acceptors (Lipinski definition) is 1. The van der Waals surface area contributed by atoms with Crippen molar-refractivity contribution in [2.75, 3.05) is 0 Å². The van der Waals surface area contributed by atoms with E-state index in [1.165, 1.54) is 0 Å². The molecule has 0 saturated heterocycles. The van der Waals surface area contributed by atoms with Gasteiger partial charge >= 0.3 is 11.8 Å². The van der Waals surface area contributed by atoms with Crippen LogP contribution in [-0.4, -0.2) is 32.1 Å². The van der Waals surface area contributed by atoms with Crippen LogP contribution in [0.3, 0.4) is 0 Å². The van der Waals surface area contributed by atoms with Crippen molar-refractivity contribution in [3.63, 3.8) is 0 Å². The smallest absolute Gasteiger partial charge is 0.300 e. The van der Waals surface area contributed by atoms with E-state index in [0.29, 0.717) is 0 Å². The van der Waals surface area contributed by atoms with Crippen molar-refractivity contribution in [2.24, 2.45) is 0 Å². The van der Waals surface area contributed by atoms with Gasteiger partial charge in [0.25, 0.3) is 9.04 Å². The summed E-state index contributed by atoms with van der Waals surface area (Å²) in [4.78, 5) is 0. The number of ether oxygens (including phenoxy) is 1. The molecule has 0 rings (SSSR count). The molecule has 0 aromatic heterocycles. The molecule has 0 aliphatic heterocycles. The van der Waals surface area contributed by atoms with Crippen LogP contribution in [0, 0.1) is 0 Å². The Balaban J connectivity index is 5.34. The molecule has 0 spiro atoms. The summed E-state index contributed by atoms with van der Waals surface area (Å²) in [6, 6.07) is 0. The van der Waals surface area contributed by atoms with E-state index in [2.05, 4.69) is 27.9 Å². The molecule has 0 fully saturated rings. The normalized spacial score (nSPS) is 18.3. The second-order valence-electron chi connectivity index (χ2n) is 2.98. The second-order valence-corrected chi connectivity index (χ2v) is 6.27. The number of halogens is 12. The molecule has 0 saturated carbocycles. The zero-order valence-electron chi connectivity index (χ0n) is 8.10. The molecule has 0 radical (unpaired) electrons. The van der Waals surface area contributed by atoms with Crippen molar-refractivity contribution in [1.82, 2.24) is 0 Å². The Morgan fingerprint density at radius 2 is 0.895 bits per heavy atom. The van der Waals surface area contributed by atoms with Crippen LogP contribution < -0.4 is 0 Å². The van der Waals surface area contributed by atoms with Gasteiger partial charge < -0.3 is 0 Å². The monoisotopic (exact) mass is 414 g/mol. The lowest BCUT2D eigenvalue weighted by Crippen LogP contribution is -2.55. The van der Waals surface area contributed by atoms with Crippen LogP contribution in [0.4, 0.5) is 26.3 Å². The minimum absolute atomic E-state index is 3.53. The molecule has 0 bridgehead atoms. The topological polar surface area (TPSA) is 9.23 Å². The Morgan fingerprint density at radius 1 is 0.684 bits per heavy atom. The summed E-state index contributed by atoms with van der Waals surface area (Å²) in [5.74, 6) is -9.80. The third-order valence-corrected chi connectivity index (χ3v) is 3.45. The van der Waals surface area contributed by atoms with Gasteiger partial charge in [-0.2, -0.15) is 17.6 Å². The predicted octanol–water partition coefficient (Wildman–Crippen LogP) is 5.61. The SMILES string of the molecule is FC(Cl)C(F)(F)C(Cl)(Cl)OC(Cl)(Cl)C(F)(F)C(F)Cl. The van der Waals surface area contributed by atoms with Gasteiger partial charge in [0.2, 0.25) is 11.3 Å². The molecule has 2 atom stereocenters. The Labute approximate surface area is 132 Å². The van der Waals surface area contributed by atoms with Crippen molar-refractivity contribution in [1.29, 1.82) is 0 Å². The molecule has 1 nitrogen and oxygen atoms in total. The number of alkyl halides is 12. The molecule has 0 aliphatic rings. The standard InChI is InChI=1S/C6H2Cl6F6O/c7-1(13)3(15,16)5(9,10)19-6(11,12)4(17,18)2(8)14/h1-2H. The molecular weight excluding hydrogens is 415 g/mol. The van der Waals surface area contributed by atoms with E-state index in [-0.39, 0.29) is 0 Å². The zero-order chi connectivity index (χ0) is 15.9. The van der Waals surface area contributed by atoms with Crippen LogP contribution in [0.1, 0.15) is 0 Å². The summed E-state index contributed by atoms with van der Waals surface area (Å²) in [6.07, 6.45) is 0. The fourth-order valence-corrected chi connectivity index (χ4v) is 2.09. The van der Waals surface area contributed by atoms with Crippen molar-refractivity contribution in [3.05, 3.63) is 0 Å². The Hall–Kier alpha value is 1.28. The zero-order valence-corrected chi connectivity index (χ0v) is 12.6. The van der Waals surface area contributed by atoms with Gasteiger partial charge in [0.15, 0.2) is 0 Å². The van der Waals surface area contributed by atoms with Crippen LogP contribution >= 0.6 is 69.6 Å². The lowest BCUT2D eigenvalue weighted by molar-refractivity contribution is -0.211. The number of hydrogen-bond donors (Lipinski definition) is 0. The first-order chi connectivity index (χ1) is 8.09. The maximum absolute atomic E-state index is 13.1. The van der Waals surface area contributed by atoms with E-state index in [1.807, 2.05) is 0 Å². The summed E-state index contributed by atoms with van der Waals surface area (Å²) in [5, 5.41) is 0. The summed E-state index contributed by atoms with van der Waals surface area (Å²) in [6.45, 7) is 0. The molecule has 0 N–H and O–H groups in total. The maximum Gasteiger partial charge on any atom is 0.349 e. The summed E-state index contributed by atoms with van der Waals surface area (Å²) in [7, 11) is 0. The van der Waals surface area contributed by atoms with E-state index >= 15 is 0 Å². The van der Waals surface area contributed by atoms with Crippen molar-refractivity contribution < 1.29 is 31.1 Å². The number of rotatable bonds is 6.